The Labute approximate surface area is 114 Å². The van der Waals surface area contributed by atoms with E-state index >= 15 is 0 Å². The minimum absolute atomic E-state index is 0.148. The maximum Gasteiger partial charge on any atom is 0.124 e. The van der Waals surface area contributed by atoms with Gasteiger partial charge >= 0.3 is 0 Å². The minimum Gasteiger partial charge on any atom is -0.491 e. The number of rotatable bonds is 7. The van der Waals surface area contributed by atoms with Gasteiger partial charge in [0, 0.05) is 19.8 Å². The quantitative estimate of drug-likeness (QED) is 0.768. The first kappa shape index (κ1) is 14.3. The molecule has 1 aliphatic carbocycles. The van der Waals surface area contributed by atoms with Crippen molar-refractivity contribution in [3.8, 4) is 5.75 Å². The van der Waals surface area contributed by atoms with Crippen molar-refractivity contribution in [1.82, 2.24) is 0 Å². The molecule has 0 bridgehead atoms. The Balaban J connectivity index is 2.14. The molecule has 4 nitrogen and oxygen atoms in total. The van der Waals surface area contributed by atoms with Crippen LogP contribution in [0.5, 0.6) is 5.75 Å². The maximum absolute atomic E-state index is 6.41. The second-order valence-corrected chi connectivity index (χ2v) is 4.98. The van der Waals surface area contributed by atoms with Gasteiger partial charge in [0.05, 0.1) is 18.2 Å². The molecule has 1 aliphatic rings. The van der Waals surface area contributed by atoms with Gasteiger partial charge in [-0.15, -0.1) is 0 Å². The number of hydrogen-bond acceptors (Lipinski definition) is 4. The van der Waals surface area contributed by atoms with Crippen LogP contribution in [0.3, 0.4) is 0 Å². The second-order valence-electron chi connectivity index (χ2n) is 4.98. The molecule has 1 aromatic rings. The minimum atomic E-state index is -0.222. The molecule has 106 valence electrons. The molecule has 2 N–H and O–H groups in total. The summed E-state index contributed by atoms with van der Waals surface area (Å²) in [6, 6.07) is 7.77. The van der Waals surface area contributed by atoms with Crippen molar-refractivity contribution in [1.29, 1.82) is 0 Å². The van der Waals surface area contributed by atoms with Crippen molar-refractivity contribution in [2.24, 2.45) is 5.73 Å². The second kappa shape index (κ2) is 6.37. The third-order valence-corrected chi connectivity index (χ3v) is 3.97. The Kier molecular flexibility index (Phi) is 4.80. The molecular formula is C15H23NO3. The highest BCUT2D eigenvalue weighted by molar-refractivity contribution is 5.38. The lowest BCUT2D eigenvalue weighted by atomic mass is 9.72. The fraction of sp³-hybridized carbons (Fsp3) is 0.600. The zero-order valence-corrected chi connectivity index (χ0v) is 11.7. The van der Waals surface area contributed by atoms with E-state index in [1.54, 1.807) is 14.2 Å². The third kappa shape index (κ3) is 2.91. The Morgan fingerprint density at radius 3 is 2.53 bits per heavy atom. The van der Waals surface area contributed by atoms with E-state index in [-0.39, 0.29) is 11.6 Å². The van der Waals surface area contributed by atoms with Crippen LogP contribution in [-0.4, -0.2) is 33.0 Å². The zero-order valence-electron chi connectivity index (χ0n) is 11.7. The van der Waals surface area contributed by atoms with Crippen molar-refractivity contribution in [2.45, 2.75) is 30.9 Å². The summed E-state index contributed by atoms with van der Waals surface area (Å²) in [6.45, 7) is 1.10. The normalized spacial score (nSPS) is 18.7. The van der Waals surface area contributed by atoms with E-state index in [0.717, 1.165) is 24.2 Å². The molecule has 0 spiro atoms. The number of ether oxygens (including phenoxy) is 3. The summed E-state index contributed by atoms with van der Waals surface area (Å²) in [7, 11) is 3.41. The van der Waals surface area contributed by atoms with Crippen LogP contribution in [-0.2, 0) is 9.47 Å². The summed E-state index contributed by atoms with van der Waals surface area (Å²) in [5, 5.41) is 0. The van der Waals surface area contributed by atoms with Gasteiger partial charge in [0.25, 0.3) is 0 Å². The molecule has 1 unspecified atom stereocenters. The lowest BCUT2D eigenvalue weighted by Gasteiger charge is -2.45. The van der Waals surface area contributed by atoms with Gasteiger partial charge in [-0.2, -0.15) is 0 Å². The fourth-order valence-corrected chi connectivity index (χ4v) is 2.55. The van der Waals surface area contributed by atoms with E-state index in [1.807, 2.05) is 24.3 Å². The number of nitrogens with two attached hydrogens (primary N) is 1. The Hall–Kier alpha value is -1.10. The third-order valence-electron chi connectivity index (χ3n) is 3.97. The number of hydrogen-bond donors (Lipinski definition) is 1. The van der Waals surface area contributed by atoms with Crippen LogP contribution in [0.25, 0.3) is 0 Å². The summed E-state index contributed by atoms with van der Waals surface area (Å²) >= 11 is 0. The summed E-state index contributed by atoms with van der Waals surface area (Å²) in [6.07, 6.45) is 3.20. The lowest BCUT2D eigenvalue weighted by Crippen LogP contribution is -2.48. The predicted molar refractivity (Wildman–Crippen MR) is 74.3 cm³/mol. The zero-order chi connectivity index (χ0) is 13.7. The maximum atomic E-state index is 6.41. The topological polar surface area (TPSA) is 53.7 Å². The SMILES string of the molecule is COCCOc1ccccc1C(N)C1(OC)CCC1. The molecule has 0 radical (unpaired) electrons. The van der Waals surface area contributed by atoms with Crippen LogP contribution in [0.2, 0.25) is 0 Å². The van der Waals surface area contributed by atoms with E-state index < -0.39 is 0 Å². The monoisotopic (exact) mass is 265 g/mol. The molecule has 0 aromatic heterocycles. The molecule has 0 amide bonds. The number of methoxy groups -OCH3 is 2. The molecule has 19 heavy (non-hydrogen) atoms. The lowest BCUT2D eigenvalue weighted by molar-refractivity contribution is -0.0915. The Bertz CT molecular complexity index is 399. The molecule has 2 rings (SSSR count). The molecule has 1 saturated carbocycles. The van der Waals surface area contributed by atoms with E-state index in [1.165, 1.54) is 6.42 Å². The predicted octanol–water partition coefficient (Wildman–Crippen LogP) is 2.28. The van der Waals surface area contributed by atoms with Gasteiger partial charge in [0.15, 0.2) is 0 Å². The van der Waals surface area contributed by atoms with Crippen molar-refractivity contribution >= 4 is 0 Å². The smallest absolute Gasteiger partial charge is 0.124 e. The summed E-state index contributed by atoms with van der Waals surface area (Å²) in [4.78, 5) is 0. The van der Waals surface area contributed by atoms with Crippen molar-refractivity contribution < 1.29 is 14.2 Å². The van der Waals surface area contributed by atoms with Gasteiger partial charge in [0.1, 0.15) is 12.4 Å². The fourth-order valence-electron chi connectivity index (χ4n) is 2.55. The van der Waals surface area contributed by atoms with Crippen molar-refractivity contribution in [2.75, 3.05) is 27.4 Å². The van der Waals surface area contributed by atoms with Crippen LogP contribution in [0.15, 0.2) is 24.3 Å². The molecule has 1 atom stereocenters. The molecule has 1 fully saturated rings. The van der Waals surface area contributed by atoms with E-state index in [2.05, 4.69) is 0 Å². The van der Waals surface area contributed by atoms with Crippen LogP contribution >= 0.6 is 0 Å². The average Bonchev–Trinajstić information content (AvgIpc) is 2.39. The van der Waals surface area contributed by atoms with E-state index in [4.69, 9.17) is 19.9 Å². The molecule has 1 aromatic carbocycles. The largest absolute Gasteiger partial charge is 0.491 e. The van der Waals surface area contributed by atoms with Gasteiger partial charge in [0.2, 0.25) is 0 Å². The molecular weight excluding hydrogens is 242 g/mol. The standard InChI is InChI=1S/C15H23NO3/c1-17-10-11-19-13-7-4-3-6-12(13)14(16)15(18-2)8-5-9-15/h3-4,6-7,14H,5,8-11,16H2,1-2H3. The summed E-state index contributed by atoms with van der Waals surface area (Å²) in [5.74, 6) is 0.829. The van der Waals surface area contributed by atoms with E-state index in [0.29, 0.717) is 13.2 Å². The summed E-state index contributed by atoms with van der Waals surface area (Å²) in [5.41, 5.74) is 7.21. The molecule has 0 heterocycles. The number of para-hydroxylation sites is 1. The highest BCUT2D eigenvalue weighted by Crippen LogP contribution is 2.45. The Morgan fingerprint density at radius 1 is 1.21 bits per heavy atom. The van der Waals surface area contributed by atoms with Crippen LogP contribution < -0.4 is 10.5 Å². The van der Waals surface area contributed by atoms with Gasteiger partial charge in [-0.1, -0.05) is 18.2 Å². The first-order valence-corrected chi connectivity index (χ1v) is 6.75. The van der Waals surface area contributed by atoms with E-state index in [9.17, 15) is 0 Å². The first-order chi connectivity index (χ1) is 9.23. The molecule has 0 aliphatic heterocycles. The molecule has 4 heteroatoms. The molecule has 0 saturated heterocycles. The van der Waals surface area contributed by atoms with Crippen LogP contribution in [0, 0.1) is 0 Å². The summed E-state index contributed by atoms with van der Waals surface area (Å²) < 4.78 is 16.4. The van der Waals surface area contributed by atoms with Gasteiger partial charge in [-0.05, 0) is 25.3 Å². The Morgan fingerprint density at radius 2 is 1.95 bits per heavy atom. The van der Waals surface area contributed by atoms with Crippen LogP contribution in [0.1, 0.15) is 30.9 Å². The van der Waals surface area contributed by atoms with Crippen molar-refractivity contribution in [3.05, 3.63) is 29.8 Å². The van der Waals surface area contributed by atoms with Crippen LogP contribution in [0.4, 0.5) is 0 Å². The van der Waals surface area contributed by atoms with Gasteiger partial charge < -0.3 is 19.9 Å². The number of benzene rings is 1. The van der Waals surface area contributed by atoms with Gasteiger partial charge in [-0.25, -0.2) is 0 Å². The first-order valence-electron chi connectivity index (χ1n) is 6.75. The van der Waals surface area contributed by atoms with Gasteiger partial charge in [-0.3, -0.25) is 0 Å². The van der Waals surface area contributed by atoms with Crippen molar-refractivity contribution in [3.63, 3.8) is 0 Å². The average molecular weight is 265 g/mol. The highest BCUT2D eigenvalue weighted by Gasteiger charge is 2.44. The highest BCUT2D eigenvalue weighted by atomic mass is 16.5.